The SMILES string of the molecule is Cc1nn(-c2cccc(Cl)c2)c2sc(C(=O)N3CCC[C@@H]3C(=O)O)cc12. The fraction of sp³-hybridized carbons (Fsp3) is 0.278. The number of hydrogen-bond donors (Lipinski definition) is 1. The molecule has 1 aliphatic rings. The number of carbonyl (C=O) groups is 2. The first kappa shape index (κ1) is 17.1. The molecule has 1 atom stereocenters. The summed E-state index contributed by atoms with van der Waals surface area (Å²) in [5.41, 5.74) is 1.63. The van der Waals surface area contributed by atoms with Crippen LogP contribution >= 0.6 is 22.9 Å². The number of nitrogens with zero attached hydrogens (tertiary/aromatic N) is 3. The predicted molar refractivity (Wildman–Crippen MR) is 100 cm³/mol. The van der Waals surface area contributed by atoms with E-state index in [-0.39, 0.29) is 5.91 Å². The summed E-state index contributed by atoms with van der Waals surface area (Å²) in [5, 5.41) is 15.4. The Balaban J connectivity index is 1.76. The largest absolute Gasteiger partial charge is 0.480 e. The lowest BCUT2D eigenvalue weighted by Gasteiger charge is -2.20. The van der Waals surface area contributed by atoms with Crippen molar-refractivity contribution in [1.29, 1.82) is 0 Å². The fourth-order valence-corrected chi connectivity index (χ4v) is 4.67. The monoisotopic (exact) mass is 389 g/mol. The molecule has 1 N–H and O–H groups in total. The van der Waals surface area contributed by atoms with E-state index in [0.717, 1.165) is 21.6 Å². The summed E-state index contributed by atoms with van der Waals surface area (Å²) in [7, 11) is 0. The Bertz CT molecular complexity index is 1030. The minimum atomic E-state index is -0.946. The van der Waals surface area contributed by atoms with Gasteiger partial charge in [-0.25, -0.2) is 9.48 Å². The minimum absolute atomic E-state index is 0.229. The van der Waals surface area contributed by atoms with Crippen molar-refractivity contribution in [2.24, 2.45) is 0 Å². The molecular formula is C18H16ClN3O3S. The first-order valence-electron chi connectivity index (χ1n) is 8.24. The minimum Gasteiger partial charge on any atom is -0.480 e. The number of aromatic nitrogens is 2. The third-order valence-electron chi connectivity index (χ3n) is 4.61. The molecule has 0 spiro atoms. The summed E-state index contributed by atoms with van der Waals surface area (Å²) in [6.07, 6.45) is 1.21. The van der Waals surface area contributed by atoms with Crippen molar-refractivity contribution in [2.75, 3.05) is 6.54 Å². The van der Waals surface area contributed by atoms with Gasteiger partial charge in [0.2, 0.25) is 0 Å². The number of benzene rings is 1. The number of carboxylic acids is 1. The van der Waals surface area contributed by atoms with E-state index in [1.54, 1.807) is 10.7 Å². The summed E-state index contributed by atoms with van der Waals surface area (Å²) in [6.45, 7) is 2.36. The highest BCUT2D eigenvalue weighted by Gasteiger charge is 2.35. The van der Waals surface area contributed by atoms with Crippen LogP contribution in [0.25, 0.3) is 15.9 Å². The molecule has 0 saturated carbocycles. The van der Waals surface area contributed by atoms with Gasteiger partial charge >= 0.3 is 5.97 Å². The maximum atomic E-state index is 12.9. The van der Waals surface area contributed by atoms with E-state index in [1.807, 2.05) is 31.2 Å². The summed E-state index contributed by atoms with van der Waals surface area (Å²) in [5.74, 6) is -1.17. The predicted octanol–water partition coefficient (Wildman–Crippen LogP) is 3.74. The number of carbonyl (C=O) groups excluding carboxylic acids is 1. The summed E-state index contributed by atoms with van der Waals surface area (Å²) in [4.78, 5) is 27.1. The van der Waals surface area contributed by atoms with E-state index in [9.17, 15) is 14.7 Å². The van der Waals surface area contributed by atoms with Crippen LogP contribution in [0.5, 0.6) is 0 Å². The fourth-order valence-electron chi connectivity index (χ4n) is 3.34. The third kappa shape index (κ3) is 2.77. The van der Waals surface area contributed by atoms with Crippen LogP contribution in [0.2, 0.25) is 5.02 Å². The number of halogens is 1. The first-order chi connectivity index (χ1) is 12.5. The Kier molecular flexibility index (Phi) is 4.20. The lowest BCUT2D eigenvalue weighted by atomic mass is 10.2. The molecule has 6 nitrogen and oxygen atoms in total. The highest BCUT2D eigenvalue weighted by Crippen LogP contribution is 2.33. The van der Waals surface area contributed by atoms with Gasteiger partial charge < -0.3 is 10.0 Å². The van der Waals surface area contributed by atoms with Crippen LogP contribution in [0.15, 0.2) is 30.3 Å². The van der Waals surface area contributed by atoms with Crippen LogP contribution in [-0.2, 0) is 4.79 Å². The first-order valence-corrected chi connectivity index (χ1v) is 9.44. The van der Waals surface area contributed by atoms with E-state index in [1.165, 1.54) is 16.2 Å². The maximum Gasteiger partial charge on any atom is 0.326 e. The van der Waals surface area contributed by atoms with Crippen LogP contribution in [0.4, 0.5) is 0 Å². The number of fused-ring (bicyclic) bond motifs is 1. The third-order valence-corrected chi connectivity index (χ3v) is 5.94. The van der Waals surface area contributed by atoms with Crippen molar-refractivity contribution in [3.63, 3.8) is 0 Å². The lowest BCUT2D eigenvalue weighted by Crippen LogP contribution is -2.40. The van der Waals surface area contributed by atoms with Crippen LogP contribution < -0.4 is 0 Å². The molecule has 8 heteroatoms. The van der Waals surface area contributed by atoms with Gasteiger partial charge in [0.1, 0.15) is 10.9 Å². The Hall–Kier alpha value is -2.38. The van der Waals surface area contributed by atoms with Gasteiger partial charge in [-0.2, -0.15) is 5.10 Å². The summed E-state index contributed by atoms with van der Waals surface area (Å²) < 4.78 is 1.77. The number of hydrogen-bond acceptors (Lipinski definition) is 4. The lowest BCUT2D eigenvalue weighted by molar-refractivity contribution is -0.141. The second-order valence-electron chi connectivity index (χ2n) is 6.30. The van der Waals surface area contributed by atoms with Crippen molar-refractivity contribution >= 4 is 45.0 Å². The van der Waals surface area contributed by atoms with Crippen LogP contribution in [0, 0.1) is 6.92 Å². The normalized spacial score (nSPS) is 17.2. The zero-order valence-corrected chi connectivity index (χ0v) is 15.5. The van der Waals surface area contributed by atoms with Gasteiger partial charge in [-0.05, 0) is 44.0 Å². The molecule has 1 saturated heterocycles. The summed E-state index contributed by atoms with van der Waals surface area (Å²) >= 11 is 7.41. The number of aryl methyl sites for hydroxylation is 1. The van der Waals surface area contributed by atoms with Crippen molar-refractivity contribution < 1.29 is 14.7 Å². The van der Waals surface area contributed by atoms with E-state index < -0.39 is 12.0 Å². The number of aliphatic carboxylic acids is 1. The molecule has 1 amide bonds. The van der Waals surface area contributed by atoms with Gasteiger partial charge in [0.05, 0.1) is 16.3 Å². The van der Waals surface area contributed by atoms with Gasteiger partial charge in [0.15, 0.2) is 0 Å². The number of amides is 1. The van der Waals surface area contributed by atoms with Crippen LogP contribution in [-0.4, -0.2) is 44.3 Å². The van der Waals surface area contributed by atoms with Gasteiger partial charge in [-0.1, -0.05) is 17.7 Å². The van der Waals surface area contributed by atoms with Crippen molar-refractivity contribution in [3.05, 3.63) is 45.9 Å². The molecule has 3 aromatic rings. The smallest absolute Gasteiger partial charge is 0.326 e. The Morgan fingerprint density at radius 2 is 2.15 bits per heavy atom. The van der Waals surface area contributed by atoms with E-state index in [2.05, 4.69) is 5.10 Å². The Morgan fingerprint density at radius 1 is 1.35 bits per heavy atom. The molecular weight excluding hydrogens is 374 g/mol. The molecule has 0 bridgehead atoms. The summed E-state index contributed by atoms with van der Waals surface area (Å²) in [6, 6.07) is 8.43. The topological polar surface area (TPSA) is 75.4 Å². The van der Waals surface area contributed by atoms with Gasteiger partial charge in [-0.3, -0.25) is 4.79 Å². The van der Waals surface area contributed by atoms with E-state index in [0.29, 0.717) is 29.3 Å². The molecule has 4 rings (SSSR count). The molecule has 0 unspecified atom stereocenters. The molecule has 2 aromatic heterocycles. The van der Waals surface area contributed by atoms with Crippen molar-refractivity contribution in [1.82, 2.24) is 14.7 Å². The number of rotatable bonds is 3. The van der Waals surface area contributed by atoms with E-state index in [4.69, 9.17) is 11.6 Å². The molecule has 26 heavy (non-hydrogen) atoms. The molecule has 1 fully saturated rings. The van der Waals surface area contributed by atoms with Gasteiger partial charge in [0.25, 0.3) is 5.91 Å². The van der Waals surface area contributed by atoms with Crippen LogP contribution in [0.1, 0.15) is 28.2 Å². The zero-order valence-electron chi connectivity index (χ0n) is 14.0. The highest BCUT2D eigenvalue weighted by atomic mass is 35.5. The average Bonchev–Trinajstić information content (AvgIpc) is 3.30. The standard InChI is InChI=1S/C18H16ClN3O3S/c1-10-13-9-15(16(23)21-7-3-6-14(21)18(24)25)26-17(13)22(20-10)12-5-2-4-11(19)8-12/h2,4-5,8-9,14H,3,6-7H2,1H3,(H,24,25)/t14-/m1/s1. The molecule has 0 radical (unpaired) electrons. The molecule has 1 aliphatic heterocycles. The van der Waals surface area contributed by atoms with Gasteiger partial charge in [0, 0.05) is 17.0 Å². The number of thiophene rings is 1. The second kappa shape index (κ2) is 6.41. The number of likely N-dealkylation sites (tertiary alicyclic amines) is 1. The van der Waals surface area contributed by atoms with Gasteiger partial charge in [-0.15, -0.1) is 11.3 Å². The molecule has 1 aromatic carbocycles. The Labute approximate surface area is 158 Å². The molecule has 3 heterocycles. The Morgan fingerprint density at radius 3 is 2.88 bits per heavy atom. The number of carboxylic acid groups (broad SMARTS) is 1. The van der Waals surface area contributed by atoms with Crippen molar-refractivity contribution in [2.45, 2.75) is 25.8 Å². The van der Waals surface area contributed by atoms with Crippen molar-refractivity contribution in [3.8, 4) is 5.69 Å². The maximum absolute atomic E-state index is 12.9. The zero-order chi connectivity index (χ0) is 18.4. The quantitative estimate of drug-likeness (QED) is 0.740. The van der Waals surface area contributed by atoms with E-state index >= 15 is 0 Å². The molecule has 0 aliphatic carbocycles. The average molecular weight is 390 g/mol. The molecule has 134 valence electrons. The van der Waals surface area contributed by atoms with Crippen LogP contribution in [0.3, 0.4) is 0 Å². The highest BCUT2D eigenvalue weighted by molar-refractivity contribution is 7.20. The second-order valence-corrected chi connectivity index (χ2v) is 7.77.